The zero-order valence-electron chi connectivity index (χ0n) is 6.65. The lowest BCUT2D eigenvalue weighted by molar-refractivity contribution is 0.0602. The van der Waals surface area contributed by atoms with E-state index in [0.717, 1.165) is 23.8 Å². The largest absolute Gasteiger partial charge is 0.492 e. The maximum absolute atomic E-state index is 13.1. The van der Waals surface area contributed by atoms with Crippen LogP contribution in [0.1, 0.15) is 9.67 Å². The molecule has 13 heavy (non-hydrogen) atoms. The molecule has 0 aliphatic heterocycles. The topological polar surface area (TPSA) is 66.8 Å². The summed E-state index contributed by atoms with van der Waals surface area (Å²) in [6.07, 6.45) is 0. The highest BCUT2D eigenvalue weighted by Crippen LogP contribution is 2.14. The molecule has 1 heterocycles. The Morgan fingerprint density at radius 2 is 2.31 bits per heavy atom. The molecule has 1 aromatic heterocycles. The molecule has 0 aliphatic carbocycles. The van der Waals surface area contributed by atoms with Gasteiger partial charge >= 0.3 is 13.1 Å². The molecule has 4 nitrogen and oxygen atoms in total. The van der Waals surface area contributed by atoms with Crippen LogP contribution in [-0.4, -0.2) is 30.2 Å². The second-order valence-electron chi connectivity index (χ2n) is 2.20. The van der Waals surface area contributed by atoms with Crippen LogP contribution in [0.25, 0.3) is 0 Å². The van der Waals surface area contributed by atoms with Gasteiger partial charge in [-0.3, -0.25) is 0 Å². The lowest BCUT2D eigenvalue weighted by Crippen LogP contribution is -2.31. The van der Waals surface area contributed by atoms with Crippen molar-refractivity contribution in [2.75, 3.05) is 7.11 Å². The van der Waals surface area contributed by atoms with Gasteiger partial charge in [0.05, 0.1) is 7.11 Å². The summed E-state index contributed by atoms with van der Waals surface area (Å²) in [4.78, 5) is 10.6. The molecule has 0 aliphatic rings. The fraction of sp³-hybridized carbons (Fsp3) is 0.167. The maximum atomic E-state index is 13.1. The van der Waals surface area contributed by atoms with E-state index in [1.54, 1.807) is 0 Å². The monoisotopic (exact) mass is 204 g/mol. The van der Waals surface area contributed by atoms with Crippen LogP contribution >= 0.6 is 11.3 Å². The summed E-state index contributed by atoms with van der Waals surface area (Å²) in [7, 11) is -0.786. The predicted octanol–water partition coefficient (Wildman–Crippen LogP) is -0.646. The van der Waals surface area contributed by atoms with E-state index in [1.807, 2.05) is 0 Å². The lowest BCUT2D eigenvalue weighted by Gasteiger charge is -1.96. The Balaban J connectivity index is 3.06. The second-order valence-corrected chi connectivity index (χ2v) is 3.08. The molecule has 0 saturated carbocycles. The number of hydrogen-bond donors (Lipinski definition) is 2. The van der Waals surface area contributed by atoms with E-state index in [2.05, 4.69) is 4.74 Å². The van der Waals surface area contributed by atoms with Crippen molar-refractivity contribution < 1.29 is 24.0 Å². The van der Waals surface area contributed by atoms with E-state index < -0.39 is 18.9 Å². The smallest absolute Gasteiger partial charge is 0.465 e. The van der Waals surface area contributed by atoms with Gasteiger partial charge in [-0.05, 0) is 5.38 Å². The molecule has 0 radical (unpaired) electrons. The first-order chi connectivity index (χ1) is 6.07. The molecule has 0 fully saturated rings. The van der Waals surface area contributed by atoms with E-state index in [4.69, 9.17) is 10.0 Å². The molecule has 70 valence electrons. The fourth-order valence-electron chi connectivity index (χ4n) is 0.762. The number of halogens is 1. The summed E-state index contributed by atoms with van der Waals surface area (Å²) in [5.41, 5.74) is -0.314. The Labute approximate surface area is 77.7 Å². The SMILES string of the molecule is COC(=O)c1scc(B(O)O)c1F. The molecule has 0 aromatic carbocycles. The number of ether oxygens (including phenoxy) is 1. The Bertz CT molecular complexity index is 324. The Hall–Kier alpha value is -0.915. The van der Waals surface area contributed by atoms with Gasteiger partial charge in [0.1, 0.15) is 10.7 Å². The lowest BCUT2D eigenvalue weighted by atomic mass is 9.82. The molecule has 1 aromatic rings. The van der Waals surface area contributed by atoms with Crippen LogP contribution in [0.15, 0.2) is 5.38 Å². The first kappa shape index (κ1) is 10.2. The highest BCUT2D eigenvalue weighted by atomic mass is 32.1. The summed E-state index contributed by atoms with van der Waals surface area (Å²) in [5, 5.41) is 18.4. The maximum Gasteiger partial charge on any atom is 0.492 e. The third-order valence-corrected chi connectivity index (χ3v) is 2.36. The fourth-order valence-corrected chi connectivity index (χ4v) is 1.63. The van der Waals surface area contributed by atoms with E-state index in [0.29, 0.717) is 0 Å². The summed E-state index contributed by atoms with van der Waals surface area (Å²) in [6.45, 7) is 0. The number of rotatable bonds is 2. The quantitative estimate of drug-likeness (QED) is 0.496. The predicted molar refractivity (Wildman–Crippen MR) is 45.4 cm³/mol. The number of thiophene rings is 1. The Kier molecular flexibility index (Phi) is 3.02. The number of hydrogen-bond acceptors (Lipinski definition) is 5. The minimum atomic E-state index is -1.91. The number of carbonyl (C=O) groups excluding carboxylic acids is 1. The van der Waals surface area contributed by atoms with Crippen LogP contribution in [0.4, 0.5) is 4.39 Å². The minimum absolute atomic E-state index is 0.259. The van der Waals surface area contributed by atoms with Gasteiger partial charge in [0.25, 0.3) is 0 Å². The van der Waals surface area contributed by atoms with Crippen molar-refractivity contribution in [1.82, 2.24) is 0 Å². The molecule has 0 unspecified atom stereocenters. The number of methoxy groups -OCH3 is 1. The van der Waals surface area contributed by atoms with Crippen molar-refractivity contribution in [3.8, 4) is 0 Å². The normalized spacial score (nSPS) is 9.85. The van der Waals surface area contributed by atoms with Crippen LogP contribution in [-0.2, 0) is 4.74 Å². The standard InChI is InChI=1S/C6H6BFO4S/c1-12-6(9)5-4(8)3(2-13-5)7(10)11/h2,10-11H,1H3. The van der Waals surface area contributed by atoms with E-state index >= 15 is 0 Å². The molecule has 7 heteroatoms. The average Bonchev–Trinajstić information content (AvgIpc) is 2.46. The highest BCUT2D eigenvalue weighted by molar-refractivity contribution is 7.13. The van der Waals surface area contributed by atoms with Crippen molar-refractivity contribution in [2.45, 2.75) is 0 Å². The number of carbonyl (C=O) groups is 1. The third-order valence-electron chi connectivity index (χ3n) is 1.41. The molecule has 1 rings (SSSR count). The van der Waals surface area contributed by atoms with Gasteiger partial charge in [-0.15, -0.1) is 11.3 Å². The molecule has 0 spiro atoms. The van der Waals surface area contributed by atoms with Crippen molar-refractivity contribution in [2.24, 2.45) is 0 Å². The van der Waals surface area contributed by atoms with Crippen LogP contribution in [0.2, 0.25) is 0 Å². The molecular weight excluding hydrogens is 198 g/mol. The van der Waals surface area contributed by atoms with Gasteiger partial charge in [0.15, 0.2) is 0 Å². The van der Waals surface area contributed by atoms with E-state index in [-0.39, 0.29) is 10.3 Å². The van der Waals surface area contributed by atoms with Gasteiger partial charge in [-0.2, -0.15) is 0 Å². The summed E-state index contributed by atoms with van der Waals surface area (Å²) < 4.78 is 17.4. The Morgan fingerprint density at radius 1 is 1.69 bits per heavy atom. The summed E-state index contributed by atoms with van der Waals surface area (Å²) in [5.74, 6) is -1.76. The van der Waals surface area contributed by atoms with Crippen LogP contribution in [0.5, 0.6) is 0 Å². The zero-order chi connectivity index (χ0) is 10.0. The first-order valence-corrected chi connectivity index (χ1v) is 4.17. The van der Waals surface area contributed by atoms with Crippen molar-refractivity contribution >= 4 is 29.9 Å². The minimum Gasteiger partial charge on any atom is -0.465 e. The van der Waals surface area contributed by atoms with Crippen LogP contribution in [0.3, 0.4) is 0 Å². The first-order valence-electron chi connectivity index (χ1n) is 3.29. The zero-order valence-corrected chi connectivity index (χ0v) is 7.47. The van der Waals surface area contributed by atoms with Gasteiger partial charge in [0, 0.05) is 5.46 Å². The summed E-state index contributed by atoms with van der Waals surface area (Å²) in [6, 6.07) is 0. The van der Waals surface area contributed by atoms with Crippen molar-refractivity contribution in [3.05, 3.63) is 16.1 Å². The van der Waals surface area contributed by atoms with Gasteiger partial charge in [-0.25, -0.2) is 9.18 Å². The Morgan fingerprint density at radius 3 is 2.69 bits per heavy atom. The molecule has 0 atom stereocenters. The molecule has 0 saturated heterocycles. The van der Waals surface area contributed by atoms with Gasteiger partial charge < -0.3 is 14.8 Å². The van der Waals surface area contributed by atoms with E-state index in [1.165, 1.54) is 0 Å². The number of esters is 1. The molecule has 0 amide bonds. The third kappa shape index (κ3) is 1.88. The van der Waals surface area contributed by atoms with Gasteiger partial charge in [0.2, 0.25) is 0 Å². The second kappa shape index (κ2) is 3.86. The summed E-state index contributed by atoms with van der Waals surface area (Å²) >= 11 is 0.768. The van der Waals surface area contributed by atoms with Crippen LogP contribution in [0, 0.1) is 5.82 Å². The molecule has 2 N–H and O–H groups in total. The van der Waals surface area contributed by atoms with Gasteiger partial charge in [-0.1, -0.05) is 0 Å². The average molecular weight is 204 g/mol. The van der Waals surface area contributed by atoms with Crippen LogP contribution < -0.4 is 5.46 Å². The van der Waals surface area contributed by atoms with Crippen molar-refractivity contribution in [3.63, 3.8) is 0 Å². The van der Waals surface area contributed by atoms with Crippen molar-refractivity contribution in [1.29, 1.82) is 0 Å². The molecule has 0 bridgehead atoms. The molecular formula is C6H6BFO4S. The highest BCUT2D eigenvalue weighted by Gasteiger charge is 2.24. The van der Waals surface area contributed by atoms with E-state index in [9.17, 15) is 9.18 Å².